The third kappa shape index (κ3) is 2.47. The van der Waals surface area contributed by atoms with Gasteiger partial charge in [-0.3, -0.25) is 4.79 Å². The first-order valence-electron chi connectivity index (χ1n) is 4.15. The molecule has 0 aromatic carbocycles. The zero-order valence-corrected chi connectivity index (χ0v) is 8.14. The van der Waals surface area contributed by atoms with Gasteiger partial charge < -0.3 is 4.74 Å². The molecule has 16 heavy (non-hydrogen) atoms. The Hall–Kier alpha value is -1.66. The lowest BCUT2D eigenvalue weighted by Gasteiger charge is -2.07. The van der Waals surface area contributed by atoms with Crippen LogP contribution >= 0.6 is 0 Å². The van der Waals surface area contributed by atoms with Crippen molar-refractivity contribution in [3.8, 4) is 0 Å². The fourth-order valence-electron chi connectivity index (χ4n) is 1.06. The van der Waals surface area contributed by atoms with Crippen LogP contribution in [0, 0.1) is 11.8 Å². The van der Waals surface area contributed by atoms with Crippen LogP contribution in [-0.2, 0) is 16.0 Å². The summed E-state index contributed by atoms with van der Waals surface area (Å²) >= 11 is 0. The number of alkyl halides is 2. The molecule has 0 unspecified atom stereocenters. The number of nitrogens with zero attached hydrogens (tertiary/aromatic N) is 1. The average Bonchev–Trinajstić information content (AvgIpc) is 2.21. The van der Waals surface area contributed by atoms with E-state index in [9.17, 15) is 22.4 Å². The van der Waals surface area contributed by atoms with Gasteiger partial charge in [0.2, 0.25) is 5.95 Å². The number of methoxy groups -OCH3 is 1. The van der Waals surface area contributed by atoms with Crippen LogP contribution in [0.3, 0.4) is 0 Å². The molecule has 0 saturated carbocycles. The number of aromatic nitrogens is 1. The minimum absolute atomic E-state index is 0.427. The minimum Gasteiger partial charge on any atom is -0.469 e. The maximum atomic E-state index is 13.3. The molecular formula is C9H7F4NO2. The van der Waals surface area contributed by atoms with E-state index in [0.29, 0.717) is 6.20 Å². The molecule has 0 aliphatic rings. The van der Waals surface area contributed by atoms with Crippen LogP contribution in [0.4, 0.5) is 17.6 Å². The molecule has 1 aromatic rings. The second kappa shape index (κ2) is 4.91. The van der Waals surface area contributed by atoms with Gasteiger partial charge in [0.25, 0.3) is 6.43 Å². The Labute approximate surface area is 88.0 Å². The average molecular weight is 237 g/mol. The maximum Gasteiger partial charge on any atom is 0.310 e. The fraction of sp³-hybridized carbons (Fsp3) is 0.333. The number of rotatable bonds is 3. The molecule has 0 spiro atoms. The van der Waals surface area contributed by atoms with Crippen molar-refractivity contribution in [2.75, 3.05) is 7.11 Å². The normalized spacial score (nSPS) is 10.6. The zero-order valence-electron chi connectivity index (χ0n) is 8.14. The number of ether oxygens (including phenoxy) is 1. The maximum absolute atomic E-state index is 13.3. The molecule has 0 radical (unpaired) electrons. The molecule has 0 fully saturated rings. The Morgan fingerprint density at radius 2 is 2.12 bits per heavy atom. The molecule has 7 heteroatoms. The summed E-state index contributed by atoms with van der Waals surface area (Å²) in [5.74, 6) is -3.87. The smallest absolute Gasteiger partial charge is 0.310 e. The summed E-state index contributed by atoms with van der Waals surface area (Å²) in [6.07, 6.45) is -3.21. The van der Waals surface area contributed by atoms with Crippen molar-refractivity contribution in [1.82, 2.24) is 4.98 Å². The SMILES string of the molecule is COC(=O)Cc1cnc(F)c(C(F)F)c1F. The van der Waals surface area contributed by atoms with Gasteiger partial charge in [-0.15, -0.1) is 0 Å². The van der Waals surface area contributed by atoms with E-state index in [0.717, 1.165) is 7.11 Å². The summed E-state index contributed by atoms with van der Waals surface area (Å²) in [4.78, 5) is 13.8. The van der Waals surface area contributed by atoms with E-state index in [2.05, 4.69) is 9.72 Å². The summed E-state index contributed by atoms with van der Waals surface area (Å²) < 4.78 is 54.8. The highest BCUT2D eigenvalue weighted by Gasteiger charge is 2.23. The second-order valence-corrected chi connectivity index (χ2v) is 2.86. The van der Waals surface area contributed by atoms with Gasteiger partial charge in [0.05, 0.1) is 13.5 Å². The van der Waals surface area contributed by atoms with Crippen LogP contribution < -0.4 is 0 Å². The van der Waals surface area contributed by atoms with E-state index in [-0.39, 0.29) is 0 Å². The lowest BCUT2D eigenvalue weighted by Crippen LogP contribution is -2.10. The zero-order chi connectivity index (χ0) is 12.3. The molecule has 0 aliphatic carbocycles. The van der Waals surface area contributed by atoms with E-state index >= 15 is 0 Å². The summed E-state index contributed by atoms with van der Waals surface area (Å²) in [6.45, 7) is 0. The Balaban J connectivity index is 3.13. The van der Waals surface area contributed by atoms with Gasteiger partial charge in [-0.25, -0.2) is 18.2 Å². The highest BCUT2D eigenvalue weighted by atomic mass is 19.3. The van der Waals surface area contributed by atoms with Gasteiger partial charge >= 0.3 is 5.97 Å². The molecule has 1 heterocycles. The Kier molecular flexibility index (Phi) is 3.81. The van der Waals surface area contributed by atoms with Gasteiger partial charge in [-0.2, -0.15) is 4.39 Å². The monoisotopic (exact) mass is 237 g/mol. The molecular weight excluding hydrogens is 230 g/mol. The molecule has 1 rings (SSSR count). The van der Waals surface area contributed by atoms with Gasteiger partial charge in [0.1, 0.15) is 11.4 Å². The highest BCUT2D eigenvalue weighted by molar-refractivity contribution is 5.72. The number of esters is 1. The molecule has 0 aliphatic heterocycles. The molecule has 3 nitrogen and oxygen atoms in total. The standard InChI is InChI=1S/C9H7F4NO2/c1-16-5(15)2-4-3-14-9(13)6(7(4)10)8(11)12/h3,8H,2H2,1H3. The molecule has 0 atom stereocenters. The van der Waals surface area contributed by atoms with E-state index in [1.54, 1.807) is 0 Å². The van der Waals surface area contributed by atoms with Crippen molar-refractivity contribution in [2.24, 2.45) is 0 Å². The van der Waals surface area contributed by atoms with E-state index in [1.807, 2.05) is 0 Å². The minimum atomic E-state index is -3.33. The fourth-order valence-corrected chi connectivity index (χ4v) is 1.06. The number of carbonyl (C=O) groups excluding carboxylic acids is 1. The number of hydrogen-bond acceptors (Lipinski definition) is 3. The predicted molar refractivity (Wildman–Crippen MR) is 44.8 cm³/mol. The quantitative estimate of drug-likeness (QED) is 0.458. The van der Waals surface area contributed by atoms with Crippen molar-refractivity contribution in [1.29, 1.82) is 0 Å². The van der Waals surface area contributed by atoms with Crippen LogP contribution in [0.15, 0.2) is 6.20 Å². The first kappa shape index (κ1) is 12.4. The summed E-state index contributed by atoms with van der Waals surface area (Å²) in [7, 11) is 1.06. The van der Waals surface area contributed by atoms with Crippen molar-refractivity contribution >= 4 is 5.97 Å². The van der Waals surface area contributed by atoms with Crippen LogP contribution in [0.25, 0.3) is 0 Å². The largest absolute Gasteiger partial charge is 0.469 e. The van der Waals surface area contributed by atoms with Gasteiger partial charge in [-0.1, -0.05) is 0 Å². The van der Waals surface area contributed by atoms with Crippen molar-refractivity contribution in [2.45, 2.75) is 12.8 Å². The molecule has 0 bridgehead atoms. The molecule has 0 N–H and O–H groups in total. The van der Waals surface area contributed by atoms with Crippen molar-refractivity contribution in [3.63, 3.8) is 0 Å². The molecule has 1 aromatic heterocycles. The number of pyridine rings is 1. The van der Waals surface area contributed by atoms with E-state index in [1.165, 1.54) is 0 Å². The topological polar surface area (TPSA) is 39.2 Å². The molecule has 88 valence electrons. The van der Waals surface area contributed by atoms with E-state index in [4.69, 9.17) is 0 Å². The number of hydrogen-bond donors (Lipinski definition) is 0. The van der Waals surface area contributed by atoms with Gasteiger partial charge in [-0.05, 0) is 0 Å². The van der Waals surface area contributed by atoms with Crippen molar-refractivity contribution < 1.29 is 27.1 Å². The third-order valence-electron chi connectivity index (χ3n) is 1.86. The first-order chi connectivity index (χ1) is 7.47. The van der Waals surface area contributed by atoms with Crippen LogP contribution in [-0.4, -0.2) is 18.1 Å². The van der Waals surface area contributed by atoms with Crippen LogP contribution in [0.5, 0.6) is 0 Å². The third-order valence-corrected chi connectivity index (χ3v) is 1.86. The van der Waals surface area contributed by atoms with Crippen molar-refractivity contribution in [3.05, 3.63) is 29.1 Å². The second-order valence-electron chi connectivity index (χ2n) is 2.86. The van der Waals surface area contributed by atoms with Gasteiger partial charge in [0, 0.05) is 11.8 Å². The Morgan fingerprint density at radius 3 is 2.62 bits per heavy atom. The molecule has 0 amide bonds. The summed E-state index contributed by atoms with van der Waals surface area (Å²) in [5, 5.41) is 0. The number of carbonyl (C=O) groups is 1. The number of halogens is 4. The Bertz CT molecular complexity index is 409. The summed E-state index contributed by atoms with van der Waals surface area (Å²) in [6, 6.07) is 0. The lowest BCUT2D eigenvalue weighted by atomic mass is 10.1. The summed E-state index contributed by atoms with van der Waals surface area (Å²) in [5.41, 5.74) is -1.86. The lowest BCUT2D eigenvalue weighted by molar-refractivity contribution is -0.139. The van der Waals surface area contributed by atoms with Crippen LogP contribution in [0.2, 0.25) is 0 Å². The van der Waals surface area contributed by atoms with E-state index < -0.39 is 41.7 Å². The first-order valence-corrected chi connectivity index (χ1v) is 4.15. The molecule has 0 saturated heterocycles. The van der Waals surface area contributed by atoms with Crippen LogP contribution in [0.1, 0.15) is 17.6 Å². The van der Waals surface area contributed by atoms with Gasteiger partial charge in [0.15, 0.2) is 0 Å². The Morgan fingerprint density at radius 1 is 1.50 bits per heavy atom. The highest BCUT2D eigenvalue weighted by Crippen LogP contribution is 2.25. The predicted octanol–water partition coefficient (Wildman–Crippen LogP) is 2.01.